The molecule has 5 heteroatoms. The molecule has 1 aromatic heterocycles. The molecule has 0 fully saturated rings. The number of Topliss-reactive ketones (excluding diaryl/α,β-unsaturated/α-hetero) is 1. The van der Waals surface area contributed by atoms with Crippen molar-refractivity contribution in [1.29, 1.82) is 0 Å². The van der Waals surface area contributed by atoms with E-state index in [1.165, 1.54) is 19.1 Å². The Balaban J connectivity index is 2.22. The zero-order valence-electron chi connectivity index (χ0n) is 10.7. The zero-order chi connectivity index (χ0) is 14.3. The van der Waals surface area contributed by atoms with Crippen molar-refractivity contribution in [2.24, 2.45) is 0 Å². The number of benzene rings is 2. The number of hydrogen-bond donors (Lipinski definition) is 1. The van der Waals surface area contributed by atoms with Crippen LogP contribution in [0, 0.1) is 5.82 Å². The number of nitrogens with zero attached hydrogens (tertiary/aromatic N) is 1. The van der Waals surface area contributed by atoms with E-state index in [-0.39, 0.29) is 11.6 Å². The Morgan fingerprint density at radius 2 is 1.95 bits per heavy atom. The molecule has 0 bridgehead atoms. The molecule has 0 saturated heterocycles. The highest BCUT2D eigenvalue weighted by Crippen LogP contribution is 2.28. The lowest BCUT2D eigenvalue weighted by Gasteiger charge is -1.98. The molecule has 0 saturated carbocycles. The highest BCUT2D eigenvalue weighted by Gasteiger charge is 2.15. The highest BCUT2D eigenvalue weighted by atomic mass is 19.1. The van der Waals surface area contributed by atoms with Crippen LogP contribution in [0.1, 0.15) is 17.3 Å². The summed E-state index contributed by atoms with van der Waals surface area (Å²) >= 11 is 0. The SMILES string of the molecule is CC(=O)c1cc(N)cc2nc(-c3ccc(F)cc3)oc12. The van der Waals surface area contributed by atoms with Crippen LogP contribution in [0.25, 0.3) is 22.6 Å². The number of nitrogen functional groups attached to an aromatic ring is 1. The Morgan fingerprint density at radius 1 is 1.25 bits per heavy atom. The van der Waals surface area contributed by atoms with Gasteiger partial charge in [0.2, 0.25) is 5.89 Å². The standard InChI is InChI=1S/C15H11FN2O2/c1-8(19)12-6-11(17)7-13-14(12)20-15(18-13)9-2-4-10(16)5-3-9/h2-7H,17H2,1H3. The van der Waals surface area contributed by atoms with Crippen molar-refractivity contribution in [1.82, 2.24) is 4.98 Å². The third-order valence-corrected chi connectivity index (χ3v) is 2.98. The lowest BCUT2D eigenvalue weighted by Crippen LogP contribution is -1.95. The normalized spacial score (nSPS) is 10.9. The van der Waals surface area contributed by atoms with Crippen LogP contribution >= 0.6 is 0 Å². The number of fused-ring (bicyclic) bond motifs is 1. The smallest absolute Gasteiger partial charge is 0.227 e. The Morgan fingerprint density at radius 3 is 2.60 bits per heavy atom. The molecule has 20 heavy (non-hydrogen) atoms. The molecule has 0 atom stereocenters. The number of ketones is 1. The van der Waals surface area contributed by atoms with Crippen LogP contribution in [0.2, 0.25) is 0 Å². The van der Waals surface area contributed by atoms with Crippen LogP contribution in [-0.2, 0) is 0 Å². The Kier molecular flexibility index (Phi) is 2.75. The molecule has 1 heterocycles. The second-order valence-corrected chi connectivity index (χ2v) is 4.50. The Bertz CT molecular complexity index is 807. The average molecular weight is 270 g/mol. The lowest BCUT2D eigenvalue weighted by atomic mass is 10.1. The summed E-state index contributed by atoms with van der Waals surface area (Å²) < 4.78 is 18.5. The van der Waals surface area contributed by atoms with Gasteiger partial charge in [0.25, 0.3) is 0 Å². The van der Waals surface area contributed by atoms with Crippen molar-refractivity contribution in [3.8, 4) is 11.5 Å². The minimum atomic E-state index is -0.335. The van der Waals surface area contributed by atoms with E-state index in [9.17, 15) is 9.18 Å². The number of aromatic nitrogens is 1. The molecular formula is C15H11FN2O2. The van der Waals surface area contributed by atoms with Gasteiger partial charge in [-0.2, -0.15) is 0 Å². The number of carbonyl (C=O) groups is 1. The van der Waals surface area contributed by atoms with Gasteiger partial charge in [0.05, 0.1) is 5.56 Å². The van der Waals surface area contributed by atoms with Crippen molar-refractivity contribution in [3.05, 3.63) is 47.8 Å². The first-order chi connectivity index (χ1) is 9.54. The molecule has 0 aliphatic rings. The van der Waals surface area contributed by atoms with E-state index < -0.39 is 0 Å². The van der Waals surface area contributed by atoms with Gasteiger partial charge in [-0.05, 0) is 43.3 Å². The minimum Gasteiger partial charge on any atom is -0.435 e. The largest absolute Gasteiger partial charge is 0.435 e. The predicted molar refractivity (Wildman–Crippen MR) is 73.8 cm³/mol. The molecule has 2 N–H and O–H groups in total. The van der Waals surface area contributed by atoms with Crippen molar-refractivity contribution in [3.63, 3.8) is 0 Å². The summed E-state index contributed by atoms with van der Waals surface area (Å²) in [7, 11) is 0. The minimum absolute atomic E-state index is 0.149. The number of anilines is 1. The summed E-state index contributed by atoms with van der Waals surface area (Å²) in [6, 6.07) is 8.98. The van der Waals surface area contributed by atoms with Crippen LogP contribution in [0.4, 0.5) is 10.1 Å². The van der Waals surface area contributed by atoms with Crippen LogP contribution in [0.5, 0.6) is 0 Å². The fraction of sp³-hybridized carbons (Fsp3) is 0.0667. The predicted octanol–water partition coefficient (Wildman–Crippen LogP) is 3.42. The molecule has 0 spiro atoms. The number of hydrogen-bond acceptors (Lipinski definition) is 4. The van der Waals surface area contributed by atoms with Gasteiger partial charge in [0.1, 0.15) is 11.3 Å². The average Bonchev–Trinajstić information content (AvgIpc) is 2.81. The van der Waals surface area contributed by atoms with Gasteiger partial charge in [-0.25, -0.2) is 9.37 Å². The lowest BCUT2D eigenvalue weighted by molar-refractivity contribution is 0.101. The van der Waals surface area contributed by atoms with Crippen molar-refractivity contribution in [2.45, 2.75) is 6.92 Å². The summed E-state index contributed by atoms with van der Waals surface area (Å²) in [4.78, 5) is 15.9. The number of carbonyl (C=O) groups excluding carboxylic acids is 1. The summed E-state index contributed by atoms with van der Waals surface area (Å²) in [6.45, 7) is 1.44. The molecule has 4 nitrogen and oxygen atoms in total. The maximum Gasteiger partial charge on any atom is 0.227 e. The molecule has 0 amide bonds. The summed E-state index contributed by atoms with van der Waals surface area (Å²) in [5.41, 5.74) is 8.12. The monoisotopic (exact) mass is 270 g/mol. The van der Waals surface area contributed by atoms with Gasteiger partial charge < -0.3 is 10.2 Å². The van der Waals surface area contributed by atoms with E-state index in [2.05, 4.69) is 4.98 Å². The van der Waals surface area contributed by atoms with Crippen LogP contribution in [-0.4, -0.2) is 10.8 Å². The number of nitrogens with two attached hydrogens (primary N) is 1. The second kappa shape index (κ2) is 4.45. The summed E-state index contributed by atoms with van der Waals surface area (Å²) in [6.07, 6.45) is 0. The molecule has 3 aromatic rings. The first-order valence-corrected chi connectivity index (χ1v) is 6.01. The molecule has 2 aromatic carbocycles. The third kappa shape index (κ3) is 2.03. The van der Waals surface area contributed by atoms with Crippen molar-refractivity contribution in [2.75, 3.05) is 5.73 Å². The molecular weight excluding hydrogens is 259 g/mol. The van der Waals surface area contributed by atoms with Gasteiger partial charge in [-0.1, -0.05) is 0 Å². The highest BCUT2D eigenvalue weighted by molar-refractivity contribution is 6.05. The molecule has 100 valence electrons. The molecule has 0 aliphatic heterocycles. The number of halogens is 1. The summed E-state index contributed by atoms with van der Waals surface area (Å²) in [5, 5.41) is 0. The van der Waals surface area contributed by atoms with E-state index in [0.717, 1.165) is 0 Å². The first-order valence-electron chi connectivity index (χ1n) is 6.01. The van der Waals surface area contributed by atoms with E-state index in [1.807, 2.05) is 0 Å². The van der Waals surface area contributed by atoms with Crippen LogP contribution < -0.4 is 5.73 Å². The van der Waals surface area contributed by atoms with Crippen LogP contribution in [0.15, 0.2) is 40.8 Å². The van der Waals surface area contributed by atoms with Crippen molar-refractivity contribution >= 4 is 22.6 Å². The van der Waals surface area contributed by atoms with Crippen molar-refractivity contribution < 1.29 is 13.6 Å². The van der Waals surface area contributed by atoms with Gasteiger partial charge >= 0.3 is 0 Å². The molecule has 3 rings (SSSR count). The Labute approximate surface area is 114 Å². The zero-order valence-corrected chi connectivity index (χ0v) is 10.7. The van der Waals surface area contributed by atoms with E-state index in [1.54, 1.807) is 24.3 Å². The molecule has 0 unspecified atom stereocenters. The van der Waals surface area contributed by atoms with Gasteiger partial charge in [-0.15, -0.1) is 0 Å². The molecule has 0 aliphatic carbocycles. The maximum atomic E-state index is 12.9. The van der Waals surface area contributed by atoms with Crippen LogP contribution in [0.3, 0.4) is 0 Å². The number of oxazole rings is 1. The number of rotatable bonds is 2. The first kappa shape index (κ1) is 12.3. The molecule has 0 radical (unpaired) electrons. The Hall–Kier alpha value is -2.69. The van der Waals surface area contributed by atoms with E-state index in [4.69, 9.17) is 10.2 Å². The van der Waals surface area contributed by atoms with E-state index >= 15 is 0 Å². The fourth-order valence-corrected chi connectivity index (χ4v) is 2.03. The quantitative estimate of drug-likeness (QED) is 0.572. The topological polar surface area (TPSA) is 69.1 Å². The van der Waals surface area contributed by atoms with Gasteiger partial charge in [-0.3, -0.25) is 4.79 Å². The van der Waals surface area contributed by atoms with E-state index in [0.29, 0.717) is 33.8 Å². The third-order valence-electron chi connectivity index (χ3n) is 2.98. The van der Waals surface area contributed by atoms with Gasteiger partial charge in [0, 0.05) is 11.3 Å². The second-order valence-electron chi connectivity index (χ2n) is 4.50. The van der Waals surface area contributed by atoms with Gasteiger partial charge in [0.15, 0.2) is 11.4 Å². The summed E-state index contributed by atoms with van der Waals surface area (Å²) in [5.74, 6) is -0.157. The maximum absolute atomic E-state index is 12.9. The fourth-order valence-electron chi connectivity index (χ4n) is 2.03.